The Morgan fingerprint density at radius 1 is 1.20 bits per heavy atom. The number of guanidine groups is 1. The van der Waals surface area contributed by atoms with Crippen molar-refractivity contribution >= 4 is 29.9 Å². The van der Waals surface area contributed by atoms with Gasteiger partial charge in [0.1, 0.15) is 5.75 Å². The van der Waals surface area contributed by atoms with Gasteiger partial charge in [-0.2, -0.15) is 0 Å². The van der Waals surface area contributed by atoms with Crippen LogP contribution < -0.4 is 15.4 Å². The second-order valence-electron chi connectivity index (χ2n) is 6.10. The molecule has 0 heterocycles. The molecular weight excluding hydrogens is 429 g/mol. The highest BCUT2D eigenvalue weighted by molar-refractivity contribution is 14.0. The maximum Gasteiger partial charge on any atom is 0.191 e. The summed E-state index contributed by atoms with van der Waals surface area (Å²) in [6.45, 7) is 4.76. The Balaban J connectivity index is 0.00000312. The van der Waals surface area contributed by atoms with Crippen molar-refractivity contribution in [3.8, 4) is 5.75 Å². The molecule has 0 radical (unpaired) electrons. The average Bonchev–Trinajstić information content (AvgIpc) is 2.62. The van der Waals surface area contributed by atoms with E-state index in [-0.39, 0.29) is 24.0 Å². The van der Waals surface area contributed by atoms with Gasteiger partial charge < -0.3 is 20.1 Å². The third-order valence-corrected chi connectivity index (χ3v) is 4.25. The van der Waals surface area contributed by atoms with Gasteiger partial charge >= 0.3 is 0 Å². The molecule has 0 amide bonds. The van der Waals surface area contributed by atoms with E-state index in [1.54, 1.807) is 7.11 Å². The summed E-state index contributed by atoms with van der Waals surface area (Å²) in [5.74, 6) is 1.78. The summed E-state index contributed by atoms with van der Waals surface area (Å²) in [6.07, 6.45) is 6.49. The fourth-order valence-electron chi connectivity index (χ4n) is 2.99. The minimum Gasteiger partial charge on any atom is -0.496 e. The number of rotatable bonds is 8. The van der Waals surface area contributed by atoms with Gasteiger partial charge in [0.15, 0.2) is 5.96 Å². The maximum absolute atomic E-state index is 5.74. The van der Waals surface area contributed by atoms with Gasteiger partial charge in [0.05, 0.1) is 26.9 Å². The zero-order valence-corrected chi connectivity index (χ0v) is 17.8. The molecule has 2 rings (SSSR count). The molecule has 6 heteroatoms. The summed E-state index contributed by atoms with van der Waals surface area (Å²) >= 11 is 0. The van der Waals surface area contributed by atoms with E-state index in [1.807, 2.05) is 24.3 Å². The molecule has 1 aliphatic carbocycles. The van der Waals surface area contributed by atoms with Crippen LogP contribution in [0.4, 0.5) is 0 Å². The first-order valence-corrected chi connectivity index (χ1v) is 9.08. The Bertz CT molecular complexity index is 505. The summed E-state index contributed by atoms with van der Waals surface area (Å²) in [5, 5.41) is 6.87. The molecule has 5 nitrogen and oxygen atoms in total. The first kappa shape index (κ1) is 22.0. The van der Waals surface area contributed by atoms with Crippen LogP contribution in [-0.4, -0.2) is 38.8 Å². The predicted octanol–water partition coefficient (Wildman–Crippen LogP) is 3.72. The second kappa shape index (κ2) is 13.2. The summed E-state index contributed by atoms with van der Waals surface area (Å²) in [7, 11) is 1.68. The van der Waals surface area contributed by atoms with E-state index in [0.717, 1.165) is 23.8 Å². The molecule has 0 bridgehead atoms. The molecule has 2 N–H and O–H groups in total. The molecule has 0 unspecified atom stereocenters. The third-order valence-electron chi connectivity index (χ3n) is 4.25. The van der Waals surface area contributed by atoms with Crippen LogP contribution in [-0.2, 0) is 11.3 Å². The molecule has 1 aromatic rings. The van der Waals surface area contributed by atoms with Crippen LogP contribution in [0.25, 0.3) is 0 Å². The highest BCUT2D eigenvalue weighted by Crippen LogP contribution is 2.18. The Labute approximate surface area is 169 Å². The second-order valence-corrected chi connectivity index (χ2v) is 6.10. The average molecular weight is 461 g/mol. The molecule has 1 fully saturated rings. The van der Waals surface area contributed by atoms with Gasteiger partial charge in [0, 0.05) is 18.2 Å². The van der Waals surface area contributed by atoms with Crippen molar-refractivity contribution in [1.82, 2.24) is 10.6 Å². The van der Waals surface area contributed by atoms with E-state index in [0.29, 0.717) is 25.8 Å². The van der Waals surface area contributed by atoms with Crippen molar-refractivity contribution in [2.24, 2.45) is 4.99 Å². The van der Waals surface area contributed by atoms with Crippen molar-refractivity contribution in [2.45, 2.75) is 51.7 Å². The maximum atomic E-state index is 5.74. The minimum atomic E-state index is 0. The molecule has 0 atom stereocenters. The molecule has 0 aliphatic heterocycles. The number of aliphatic imine (C=N–C) groups is 1. The van der Waals surface area contributed by atoms with E-state index >= 15 is 0 Å². The molecule has 1 saturated carbocycles. The number of nitrogens with one attached hydrogen (secondary N) is 2. The van der Waals surface area contributed by atoms with Gasteiger partial charge in [-0.25, -0.2) is 0 Å². The molecule has 1 aromatic carbocycles. The zero-order valence-electron chi connectivity index (χ0n) is 15.4. The van der Waals surface area contributed by atoms with E-state index in [9.17, 15) is 0 Å². The van der Waals surface area contributed by atoms with Gasteiger partial charge in [-0.15, -0.1) is 24.0 Å². The number of benzene rings is 1. The number of para-hydroxylation sites is 1. The van der Waals surface area contributed by atoms with Gasteiger partial charge in [0.2, 0.25) is 0 Å². The van der Waals surface area contributed by atoms with E-state index in [4.69, 9.17) is 9.47 Å². The van der Waals surface area contributed by atoms with Crippen molar-refractivity contribution in [1.29, 1.82) is 0 Å². The topological polar surface area (TPSA) is 54.9 Å². The van der Waals surface area contributed by atoms with Crippen LogP contribution in [0.2, 0.25) is 0 Å². The largest absolute Gasteiger partial charge is 0.496 e. The van der Waals surface area contributed by atoms with Crippen molar-refractivity contribution in [3.05, 3.63) is 29.8 Å². The number of ether oxygens (including phenoxy) is 2. The number of methoxy groups -OCH3 is 1. The molecule has 0 spiro atoms. The number of nitrogens with zero attached hydrogens (tertiary/aromatic N) is 1. The predicted molar refractivity (Wildman–Crippen MR) is 114 cm³/mol. The summed E-state index contributed by atoms with van der Waals surface area (Å²) < 4.78 is 11.1. The summed E-state index contributed by atoms with van der Waals surface area (Å²) in [5.41, 5.74) is 1.07. The van der Waals surface area contributed by atoms with Gasteiger partial charge in [-0.05, 0) is 25.8 Å². The molecule has 25 heavy (non-hydrogen) atoms. The standard InChI is InChI=1S/C19H31N3O2.HI/c1-3-20-19(22-17-10-5-4-6-11-17)21-13-14-24-15-16-9-7-8-12-18(16)23-2;/h7-9,12,17H,3-6,10-11,13-15H2,1-2H3,(H2,20,21,22);1H. The minimum absolute atomic E-state index is 0. The SMILES string of the molecule is CCNC(=NCCOCc1ccccc1OC)NC1CCCCC1.I. The normalized spacial score (nSPS) is 15.4. The molecule has 0 saturated heterocycles. The van der Waals surface area contributed by atoms with Crippen molar-refractivity contribution in [3.63, 3.8) is 0 Å². The Morgan fingerprint density at radius 2 is 1.96 bits per heavy atom. The van der Waals surface area contributed by atoms with Gasteiger partial charge in [0.25, 0.3) is 0 Å². The highest BCUT2D eigenvalue weighted by atomic mass is 127. The quantitative estimate of drug-likeness (QED) is 0.268. The number of hydrogen-bond donors (Lipinski definition) is 2. The van der Waals surface area contributed by atoms with Crippen LogP contribution in [0.5, 0.6) is 5.75 Å². The van der Waals surface area contributed by atoms with Crippen LogP contribution in [0, 0.1) is 0 Å². The smallest absolute Gasteiger partial charge is 0.191 e. The van der Waals surface area contributed by atoms with Crippen LogP contribution in [0.15, 0.2) is 29.3 Å². The molecular formula is C19H32IN3O2. The lowest BCUT2D eigenvalue weighted by Crippen LogP contribution is -2.44. The van der Waals surface area contributed by atoms with E-state index < -0.39 is 0 Å². The van der Waals surface area contributed by atoms with E-state index in [2.05, 4.69) is 22.5 Å². The number of hydrogen-bond acceptors (Lipinski definition) is 3. The first-order valence-electron chi connectivity index (χ1n) is 9.08. The third kappa shape index (κ3) is 8.27. The van der Waals surface area contributed by atoms with Crippen LogP contribution >= 0.6 is 24.0 Å². The Kier molecular flexibility index (Phi) is 11.6. The van der Waals surface area contributed by atoms with Crippen molar-refractivity contribution < 1.29 is 9.47 Å². The summed E-state index contributed by atoms with van der Waals surface area (Å²) in [6, 6.07) is 8.50. The monoisotopic (exact) mass is 461 g/mol. The van der Waals surface area contributed by atoms with Crippen LogP contribution in [0.3, 0.4) is 0 Å². The molecule has 142 valence electrons. The lowest BCUT2D eigenvalue weighted by Gasteiger charge is -2.24. The fourth-order valence-corrected chi connectivity index (χ4v) is 2.99. The van der Waals surface area contributed by atoms with Crippen molar-refractivity contribution in [2.75, 3.05) is 26.8 Å². The Hall–Kier alpha value is -1.02. The van der Waals surface area contributed by atoms with Gasteiger partial charge in [-0.1, -0.05) is 37.5 Å². The Morgan fingerprint density at radius 3 is 2.68 bits per heavy atom. The zero-order chi connectivity index (χ0) is 17.0. The molecule has 1 aliphatic rings. The van der Waals surface area contributed by atoms with E-state index in [1.165, 1.54) is 32.1 Å². The lowest BCUT2D eigenvalue weighted by molar-refractivity contribution is 0.126. The van der Waals surface area contributed by atoms with Gasteiger partial charge in [-0.3, -0.25) is 4.99 Å². The van der Waals surface area contributed by atoms with Crippen LogP contribution in [0.1, 0.15) is 44.6 Å². The summed E-state index contributed by atoms with van der Waals surface area (Å²) in [4.78, 5) is 4.62. The first-order chi connectivity index (χ1) is 11.8. The highest BCUT2D eigenvalue weighted by Gasteiger charge is 2.14. The molecule has 0 aromatic heterocycles. The fraction of sp³-hybridized carbons (Fsp3) is 0.632. The lowest BCUT2D eigenvalue weighted by atomic mass is 9.96. The number of halogens is 1.